The number of nitrogens with one attached hydrogen (secondary N) is 1. The molecule has 0 saturated heterocycles. The summed E-state index contributed by atoms with van der Waals surface area (Å²) < 4.78 is 0. The molecule has 1 N–H and O–H groups in total. The maximum Gasteiger partial charge on any atom is 0.0656 e. The van der Waals surface area contributed by atoms with E-state index in [1.807, 2.05) is 6.20 Å². The molecule has 0 aliphatic heterocycles. The molecule has 2 heteroatoms. The van der Waals surface area contributed by atoms with Crippen molar-refractivity contribution in [2.45, 2.75) is 18.8 Å². The molecule has 2 nitrogen and oxygen atoms in total. The lowest BCUT2D eigenvalue weighted by atomic mass is 10.0. The number of hydrogen-bond donors (Lipinski definition) is 1. The van der Waals surface area contributed by atoms with Crippen LogP contribution in [0.15, 0.2) is 48.7 Å². The molecule has 2 aromatic carbocycles. The molecular weight excluding hydrogens is 220 g/mol. The quantitative estimate of drug-likeness (QED) is 0.710. The molecule has 0 spiro atoms. The average Bonchev–Trinajstić information content (AvgIpc) is 3.17. The van der Waals surface area contributed by atoms with Gasteiger partial charge in [0.1, 0.15) is 0 Å². The van der Waals surface area contributed by atoms with Gasteiger partial charge in [-0.05, 0) is 41.5 Å². The Bertz CT molecular complexity index is 690. The number of fused-ring (bicyclic) bond motifs is 1. The van der Waals surface area contributed by atoms with Crippen molar-refractivity contribution in [3.8, 4) is 11.1 Å². The number of nitrogens with zero attached hydrogens (tertiary/aromatic N) is 1. The van der Waals surface area contributed by atoms with Gasteiger partial charge in [0.25, 0.3) is 0 Å². The van der Waals surface area contributed by atoms with Crippen molar-refractivity contribution >= 4 is 10.9 Å². The largest absolute Gasteiger partial charge is 0.278 e. The highest BCUT2D eigenvalue weighted by Gasteiger charge is 2.22. The standard InChI is InChI=1S/C16H14N2/c1-2-11(1)12-3-5-13(6-4-12)14-7-8-15-10-17-18-16(15)9-14/h3-11H,1-2H2,(H,17,18). The van der Waals surface area contributed by atoms with E-state index in [1.165, 1.54) is 29.5 Å². The van der Waals surface area contributed by atoms with Crippen molar-refractivity contribution in [2.75, 3.05) is 0 Å². The van der Waals surface area contributed by atoms with Crippen molar-refractivity contribution in [1.82, 2.24) is 10.2 Å². The number of hydrogen-bond acceptors (Lipinski definition) is 1. The van der Waals surface area contributed by atoms with E-state index in [1.54, 1.807) is 0 Å². The van der Waals surface area contributed by atoms with E-state index in [-0.39, 0.29) is 0 Å². The normalized spacial score (nSPS) is 15.1. The van der Waals surface area contributed by atoms with E-state index >= 15 is 0 Å². The van der Waals surface area contributed by atoms with Crippen LogP contribution < -0.4 is 0 Å². The Labute approximate surface area is 106 Å². The van der Waals surface area contributed by atoms with Crippen molar-refractivity contribution in [3.63, 3.8) is 0 Å². The summed E-state index contributed by atoms with van der Waals surface area (Å²) in [6, 6.07) is 15.4. The Balaban J connectivity index is 1.75. The van der Waals surface area contributed by atoms with Gasteiger partial charge in [0.2, 0.25) is 0 Å². The van der Waals surface area contributed by atoms with Crippen LogP contribution in [-0.4, -0.2) is 10.2 Å². The fourth-order valence-corrected chi connectivity index (χ4v) is 2.48. The topological polar surface area (TPSA) is 28.7 Å². The van der Waals surface area contributed by atoms with Crippen molar-refractivity contribution in [2.24, 2.45) is 0 Å². The first-order valence-corrected chi connectivity index (χ1v) is 6.44. The molecule has 0 unspecified atom stereocenters. The first-order valence-electron chi connectivity index (χ1n) is 6.44. The summed E-state index contributed by atoms with van der Waals surface area (Å²) in [7, 11) is 0. The van der Waals surface area contributed by atoms with E-state index in [9.17, 15) is 0 Å². The van der Waals surface area contributed by atoms with Crippen LogP contribution in [-0.2, 0) is 0 Å². The van der Waals surface area contributed by atoms with Gasteiger partial charge in [0.05, 0.1) is 11.7 Å². The third kappa shape index (κ3) is 1.61. The third-order valence-corrected chi connectivity index (χ3v) is 3.73. The molecule has 1 fully saturated rings. The van der Waals surface area contributed by atoms with Gasteiger partial charge >= 0.3 is 0 Å². The number of aromatic nitrogens is 2. The van der Waals surface area contributed by atoms with Gasteiger partial charge in [-0.3, -0.25) is 5.10 Å². The van der Waals surface area contributed by atoms with Gasteiger partial charge in [-0.1, -0.05) is 36.4 Å². The van der Waals surface area contributed by atoms with E-state index in [2.05, 4.69) is 52.7 Å². The average molecular weight is 234 g/mol. The van der Waals surface area contributed by atoms with E-state index in [0.717, 1.165) is 16.8 Å². The van der Waals surface area contributed by atoms with Gasteiger partial charge < -0.3 is 0 Å². The predicted molar refractivity (Wildman–Crippen MR) is 73.5 cm³/mol. The van der Waals surface area contributed by atoms with Crippen LogP contribution >= 0.6 is 0 Å². The zero-order chi connectivity index (χ0) is 11.9. The Kier molecular flexibility index (Phi) is 2.04. The first-order chi connectivity index (χ1) is 8.90. The monoisotopic (exact) mass is 234 g/mol. The molecule has 1 aromatic heterocycles. The second-order valence-electron chi connectivity index (χ2n) is 5.07. The molecule has 0 bridgehead atoms. The van der Waals surface area contributed by atoms with Crippen molar-refractivity contribution in [3.05, 3.63) is 54.2 Å². The summed E-state index contributed by atoms with van der Waals surface area (Å²) in [5.74, 6) is 0.828. The lowest BCUT2D eigenvalue weighted by Gasteiger charge is -2.04. The minimum absolute atomic E-state index is 0.828. The fourth-order valence-electron chi connectivity index (χ4n) is 2.48. The molecule has 1 saturated carbocycles. The zero-order valence-corrected chi connectivity index (χ0v) is 10.1. The van der Waals surface area contributed by atoms with Gasteiger partial charge in [0, 0.05) is 5.39 Å². The predicted octanol–water partition coefficient (Wildman–Crippen LogP) is 4.11. The smallest absolute Gasteiger partial charge is 0.0656 e. The van der Waals surface area contributed by atoms with Crippen LogP contribution in [0.4, 0.5) is 0 Å². The zero-order valence-electron chi connectivity index (χ0n) is 10.1. The molecule has 0 radical (unpaired) electrons. The highest BCUT2D eigenvalue weighted by atomic mass is 15.1. The minimum atomic E-state index is 0.828. The highest BCUT2D eigenvalue weighted by molar-refractivity contribution is 5.83. The van der Waals surface area contributed by atoms with Crippen LogP contribution in [0, 0.1) is 0 Å². The van der Waals surface area contributed by atoms with Crippen LogP contribution in [0.25, 0.3) is 22.0 Å². The molecular formula is C16H14N2. The molecule has 3 aromatic rings. The van der Waals surface area contributed by atoms with Crippen molar-refractivity contribution < 1.29 is 0 Å². The van der Waals surface area contributed by atoms with Crippen LogP contribution in [0.5, 0.6) is 0 Å². The summed E-state index contributed by atoms with van der Waals surface area (Å²) in [4.78, 5) is 0. The number of aromatic amines is 1. The molecule has 1 aliphatic rings. The van der Waals surface area contributed by atoms with Gasteiger partial charge in [-0.15, -0.1) is 0 Å². The maximum atomic E-state index is 4.06. The van der Waals surface area contributed by atoms with Gasteiger partial charge in [0.15, 0.2) is 0 Å². The second-order valence-corrected chi connectivity index (χ2v) is 5.07. The maximum absolute atomic E-state index is 4.06. The Morgan fingerprint density at radius 3 is 2.50 bits per heavy atom. The van der Waals surface area contributed by atoms with E-state index in [0.29, 0.717) is 0 Å². The van der Waals surface area contributed by atoms with Crippen LogP contribution in [0.2, 0.25) is 0 Å². The number of rotatable bonds is 2. The van der Waals surface area contributed by atoms with Crippen molar-refractivity contribution in [1.29, 1.82) is 0 Å². The fraction of sp³-hybridized carbons (Fsp3) is 0.188. The summed E-state index contributed by atoms with van der Waals surface area (Å²) in [5.41, 5.74) is 5.10. The van der Waals surface area contributed by atoms with E-state index in [4.69, 9.17) is 0 Å². The molecule has 1 heterocycles. The van der Waals surface area contributed by atoms with Crippen LogP contribution in [0.3, 0.4) is 0 Å². The summed E-state index contributed by atoms with van der Waals surface area (Å²) >= 11 is 0. The lowest BCUT2D eigenvalue weighted by Crippen LogP contribution is -1.81. The third-order valence-electron chi connectivity index (χ3n) is 3.73. The lowest BCUT2D eigenvalue weighted by molar-refractivity contribution is 1.12. The number of benzene rings is 2. The minimum Gasteiger partial charge on any atom is -0.278 e. The summed E-state index contributed by atoms with van der Waals surface area (Å²) in [6.07, 6.45) is 4.58. The van der Waals surface area contributed by atoms with Gasteiger partial charge in [-0.25, -0.2) is 0 Å². The summed E-state index contributed by atoms with van der Waals surface area (Å²) in [6.45, 7) is 0. The van der Waals surface area contributed by atoms with Crippen LogP contribution in [0.1, 0.15) is 24.3 Å². The second kappa shape index (κ2) is 3.70. The molecule has 0 atom stereocenters. The van der Waals surface area contributed by atoms with E-state index < -0.39 is 0 Å². The Morgan fingerprint density at radius 1 is 0.944 bits per heavy atom. The molecule has 88 valence electrons. The summed E-state index contributed by atoms with van der Waals surface area (Å²) in [5, 5.41) is 8.24. The molecule has 4 rings (SSSR count). The Hall–Kier alpha value is -2.09. The Morgan fingerprint density at radius 2 is 1.72 bits per heavy atom. The molecule has 0 amide bonds. The van der Waals surface area contributed by atoms with Gasteiger partial charge in [-0.2, -0.15) is 5.10 Å². The highest BCUT2D eigenvalue weighted by Crippen LogP contribution is 2.40. The SMILES string of the molecule is c1cc(C2CC2)ccc1-c1ccc2cn[nH]c2c1. The first kappa shape index (κ1) is 9.89. The molecule has 1 aliphatic carbocycles. The number of H-pyrrole nitrogens is 1. The molecule has 18 heavy (non-hydrogen) atoms.